The van der Waals surface area contributed by atoms with Crippen LogP contribution >= 0.6 is 11.6 Å². The number of para-hydroxylation sites is 1. The smallest absolute Gasteiger partial charge is 0.257 e. The van der Waals surface area contributed by atoms with E-state index in [9.17, 15) is 14.0 Å². The average Bonchev–Trinajstić information content (AvgIpc) is 2.88. The normalized spacial score (nSPS) is 22.0. The van der Waals surface area contributed by atoms with E-state index in [1.807, 2.05) is 36.2 Å². The van der Waals surface area contributed by atoms with Crippen molar-refractivity contribution in [1.82, 2.24) is 9.80 Å². The summed E-state index contributed by atoms with van der Waals surface area (Å²) in [5, 5.41) is 0.273. The van der Waals surface area contributed by atoms with Crippen molar-refractivity contribution in [3.63, 3.8) is 0 Å². The van der Waals surface area contributed by atoms with E-state index >= 15 is 0 Å². The molecular weight excluding hydrogens is 479 g/mol. The summed E-state index contributed by atoms with van der Waals surface area (Å²) in [7, 11) is 1.84. The number of carbonyl (C=O) groups excluding carboxylic acids is 2. The highest BCUT2D eigenvalue weighted by Crippen LogP contribution is 2.31. The van der Waals surface area contributed by atoms with E-state index in [4.69, 9.17) is 16.3 Å². The predicted octanol–water partition coefficient (Wildman–Crippen LogP) is 6.28. The third-order valence-corrected chi connectivity index (χ3v) is 7.77. The molecule has 36 heavy (non-hydrogen) atoms. The van der Waals surface area contributed by atoms with Gasteiger partial charge in [-0.05, 0) is 56.4 Å². The topological polar surface area (TPSA) is 49.9 Å². The van der Waals surface area contributed by atoms with Crippen LogP contribution in [0.1, 0.15) is 73.7 Å². The van der Waals surface area contributed by atoms with Crippen LogP contribution in [0.4, 0.5) is 4.39 Å². The average molecular weight is 515 g/mol. The Hall–Kier alpha value is -2.60. The van der Waals surface area contributed by atoms with Gasteiger partial charge in [0.1, 0.15) is 17.7 Å². The van der Waals surface area contributed by atoms with Gasteiger partial charge in [-0.15, -0.1) is 0 Å². The lowest BCUT2D eigenvalue weighted by Gasteiger charge is -2.40. The third kappa shape index (κ3) is 6.39. The zero-order valence-electron chi connectivity index (χ0n) is 21.1. The van der Waals surface area contributed by atoms with E-state index in [1.165, 1.54) is 6.07 Å². The highest BCUT2D eigenvalue weighted by atomic mass is 35.5. The molecule has 5 nitrogen and oxygen atoms in total. The van der Waals surface area contributed by atoms with Crippen LogP contribution in [0, 0.1) is 5.82 Å². The summed E-state index contributed by atoms with van der Waals surface area (Å²) in [5.41, 5.74) is 0.794. The van der Waals surface area contributed by atoms with Crippen molar-refractivity contribution in [2.45, 2.75) is 76.4 Å². The summed E-state index contributed by atoms with van der Waals surface area (Å²) in [6.45, 7) is 1.31. The van der Waals surface area contributed by atoms with Crippen LogP contribution in [0.5, 0.6) is 5.75 Å². The Morgan fingerprint density at radius 1 is 0.972 bits per heavy atom. The van der Waals surface area contributed by atoms with Gasteiger partial charge in [-0.1, -0.05) is 55.5 Å². The molecule has 2 atom stereocenters. The first-order valence-corrected chi connectivity index (χ1v) is 13.6. The van der Waals surface area contributed by atoms with Crippen LogP contribution in [0.2, 0.25) is 5.02 Å². The molecule has 2 amide bonds. The summed E-state index contributed by atoms with van der Waals surface area (Å²) in [4.78, 5) is 30.5. The van der Waals surface area contributed by atoms with Gasteiger partial charge in [0.2, 0.25) is 5.91 Å². The number of halogens is 2. The molecule has 7 heteroatoms. The largest absolute Gasteiger partial charge is 0.487 e. The number of amides is 2. The lowest BCUT2D eigenvalue weighted by Crippen LogP contribution is -2.51. The molecule has 1 aliphatic carbocycles. The quantitative estimate of drug-likeness (QED) is 0.474. The van der Waals surface area contributed by atoms with Crippen molar-refractivity contribution in [2.24, 2.45) is 0 Å². The van der Waals surface area contributed by atoms with Crippen LogP contribution < -0.4 is 4.74 Å². The van der Waals surface area contributed by atoms with Crippen LogP contribution in [0.15, 0.2) is 42.5 Å². The molecule has 0 radical (unpaired) electrons. The zero-order chi connectivity index (χ0) is 25.5. The monoisotopic (exact) mass is 514 g/mol. The van der Waals surface area contributed by atoms with Gasteiger partial charge in [0.25, 0.3) is 5.91 Å². The van der Waals surface area contributed by atoms with Crippen LogP contribution in [-0.2, 0) is 11.2 Å². The summed E-state index contributed by atoms with van der Waals surface area (Å²) in [6.07, 6.45) is 8.19. The lowest BCUT2D eigenvalue weighted by molar-refractivity contribution is -0.136. The molecular formula is C29H36ClFN2O3. The van der Waals surface area contributed by atoms with Crippen LogP contribution in [0.3, 0.4) is 0 Å². The Morgan fingerprint density at radius 3 is 2.50 bits per heavy atom. The Bertz CT molecular complexity index is 1040. The lowest BCUT2D eigenvalue weighted by atomic mass is 9.90. The molecule has 4 rings (SSSR count). The molecule has 2 aromatic carbocycles. The number of fused-ring (bicyclic) bond motifs is 2. The standard InChI is InChI=1S/C29H36ClFN2O3/c1-32-18-9-3-2-4-10-19-33(28(34)20-22-23(30)13-11-14-24(22)31)25-15-6-8-17-27(25)36-26-16-7-5-12-21(26)29(32)35/h5,7,11-14,16,25,27H,2-4,6,8-10,15,17-20H2,1H3/t25-,27+/m1/s1. The molecule has 194 valence electrons. The van der Waals surface area contributed by atoms with Gasteiger partial charge in [0, 0.05) is 30.7 Å². The molecule has 1 heterocycles. The van der Waals surface area contributed by atoms with E-state index in [0.717, 1.165) is 57.8 Å². The summed E-state index contributed by atoms with van der Waals surface area (Å²) >= 11 is 6.26. The third-order valence-electron chi connectivity index (χ3n) is 7.41. The SMILES string of the molecule is CN1CCCCCCCN(C(=O)Cc2c(F)cccc2Cl)[C@@H]2CCCC[C@@H]2Oc2ccccc2C1=O. The van der Waals surface area contributed by atoms with Crippen LogP contribution in [0.25, 0.3) is 0 Å². The number of carbonyl (C=O) groups is 2. The summed E-state index contributed by atoms with van der Waals surface area (Å²) in [5.74, 6) is -0.0706. The molecule has 0 unspecified atom stereocenters. The van der Waals surface area contributed by atoms with Gasteiger partial charge in [-0.3, -0.25) is 9.59 Å². The van der Waals surface area contributed by atoms with Gasteiger partial charge in [0.15, 0.2) is 0 Å². The number of benzene rings is 2. The fraction of sp³-hybridized carbons (Fsp3) is 0.517. The van der Waals surface area contributed by atoms with Crippen molar-refractivity contribution in [3.05, 3.63) is 64.4 Å². The molecule has 0 spiro atoms. The molecule has 1 saturated carbocycles. The minimum atomic E-state index is -0.456. The van der Waals surface area contributed by atoms with E-state index < -0.39 is 5.82 Å². The minimum absolute atomic E-state index is 0.0463. The van der Waals surface area contributed by atoms with Crippen molar-refractivity contribution in [2.75, 3.05) is 20.1 Å². The summed E-state index contributed by atoms with van der Waals surface area (Å²) in [6, 6.07) is 11.8. The Morgan fingerprint density at radius 2 is 1.69 bits per heavy atom. The van der Waals surface area contributed by atoms with E-state index in [1.54, 1.807) is 17.0 Å². The van der Waals surface area contributed by atoms with E-state index in [0.29, 0.717) is 24.4 Å². The molecule has 0 N–H and O–H groups in total. The Balaban J connectivity index is 1.64. The fourth-order valence-electron chi connectivity index (χ4n) is 5.38. The minimum Gasteiger partial charge on any atom is -0.487 e. The molecule has 2 aromatic rings. The van der Waals surface area contributed by atoms with Gasteiger partial charge in [0.05, 0.1) is 18.0 Å². The zero-order valence-corrected chi connectivity index (χ0v) is 21.8. The van der Waals surface area contributed by atoms with Crippen molar-refractivity contribution in [3.8, 4) is 5.75 Å². The van der Waals surface area contributed by atoms with Gasteiger partial charge < -0.3 is 14.5 Å². The first-order valence-electron chi connectivity index (χ1n) is 13.2. The number of rotatable bonds is 2. The Labute approximate surface area is 218 Å². The highest BCUT2D eigenvalue weighted by molar-refractivity contribution is 6.31. The van der Waals surface area contributed by atoms with E-state index in [2.05, 4.69) is 0 Å². The second-order valence-electron chi connectivity index (χ2n) is 9.96. The molecule has 1 aliphatic heterocycles. The first kappa shape index (κ1) is 26.5. The number of nitrogens with zero attached hydrogens (tertiary/aromatic N) is 2. The van der Waals surface area contributed by atoms with E-state index in [-0.39, 0.29) is 41.0 Å². The Kier molecular flexibility index (Phi) is 9.24. The van der Waals surface area contributed by atoms with Crippen LogP contribution in [-0.4, -0.2) is 53.9 Å². The first-order chi connectivity index (χ1) is 17.5. The number of hydrogen-bond donors (Lipinski definition) is 0. The number of ether oxygens (including phenoxy) is 1. The molecule has 1 fully saturated rings. The van der Waals surface area contributed by atoms with Crippen molar-refractivity contribution < 1.29 is 18.7 Å². The second kappa shape index (κ2) is 12.6. The predicted molar refractivity (Wildman–Crippen MR) is 140 cm³/mol. The molecule has 0 aromatic heterocycles. The van der Waals surface area contributed by atoms with Gasteiger partial charge >= 0.3 is 0 Å². The fourth-order valence-corrected chi connectivity index (χ4v) is 5.61. The molecule has 2 aliphatic rings. The molecule has 0 saturated heterocycles. The summed E-state index contributed by atoms with van der Waals surface area (Å²) < 4.78 is 21.0. The maximum Gasteiger partial charge on any atom is 0.257 e. The van der Waals surface area contributed by atoms with Gasteiger partial charge in [-0.25, -0.2) is 4.39 Å². The highest BCUT2D eigenvalue weighted by Gasteiger charge is 2.35. The maximum absolute atomic E-state index is 14.5. The van der Waals surface area contributed by atoms with Crippen molar-refractivity contribution in [1.29, 1.82) is 0 Å². The van der Waals surface area contributed by atoms with Crippen molar-refractivity contribution >= 4 is 23.4 Å². The van der Waals surface area contributed by atoms with Gasteiger partial charge in [-0.2, -0.15) is 0 Å². The second-order valence-corrected chi connectivity index (χ2v) is 10.4. The molecule has 0 bridgehead atoms. The number of hydrogen-bond acceptors (Lipinski definition) is 3. The maximum atomic E-state index is 14.5.